The monoisotopic (exact) mass is 290 g/mol. The molecule has 0 saturated carbocycles. The summed E-state index contributed by atoms with van der Waals surface area (Å²) >= 11 is 0. The van der Waals surface area contributed by atoms with E-state index in [1.54, 1.807) is 19.1 Å². The molecule has 0 spiro atoms. The Labute approximate surface area is 119 Å². The van der Waals surface area contributed by atoms with Gasteiger partial charge in [0.1, 0.15) is 5.75 Å². The number of halogens is 3. The van der Waals surface area contributed by atoms with Crippen LogP contribution in [0.4, 0.5) is 13.2 Å². The Morgan fingerprint density at radius 2 is 1.57 bits per heavy atom. The number of hydrogen-bond donors (Lipinski definition) is 0. The number of rotatable bonds is 2. The van der Waals surface area contributed by atoms with Gasteiger partial charge in [-0.05, 0) is 52.2 Å². The van der Waals surface area contributed by atoms with Crippen molar-refractivity contribution < 1.29 is 17.9 Å². The van der Waals surface area contributed by atoms with Crippen LogP contribution in [0.15, 0.2) is 48.5 Å². The Bertz CT molecular complexity index is 806. The summed E-state index contributed by atoms with van der Waals surface area (Å²) in [5.41, 5.74) is 0.725. The predicted octanol–water partition coefficient (Wildman–Crippen LogP) is 5.24. The fraction of sp³-hybridized carbons (Fsp3) is 0.176. The summed E-state index contributed by atoms with van der Waals surface area (Å²) in [6, 6.07) is 15.3. The molecule has 3 rings (SSSR count). The number of alkyl halides is 3. The van der Waals surface area contributed by atoms with E-state index in [1.165, 1.54) is 0 Å². The van der Waals surface area contributed by atoms with Crippen LogP contribution in [0, 0.1) is 6.92 Å². The molecule has 4 heteroatoms. The van der Waals surface area contributed by atoms with Crippen molar-refractivity contribution >= 4 is 21.5 Å². The molecule has 0 fully saturated rings. The highest BCUT2D eigenvalue weighted by Gasteiger charge is 2.28. The zero-order valence-electron chi connectivity index (χ0n) is 11.4. The van der Waals surface area contributed by atoms with E-state index in [2.05, 4.69) is 0 Å². The molecule has 108 valence electrons. The second-order valence-electron chi connectivity index (χ2n) is 5.01. The third-order valence-corrected chi connectivity index (χ3v) is 3.50. The maximum atomic E-state index is 12.3. The minimum absolute atomic E-state index is 0.273. The molecule has 0 atom stereocenters. The molecule has 0 amide bonds. The molecular weight excluding hydrogens is 277 g/mol. The van der Waals surface area contributed by atoms with E-state index in [-0.39, 0.29) is 5.75 Å². The van der Waals surface area contributed by atoms with Crippen molar-refractivity contribution in [3.63, 3.8) is 0 Å². The molecule has 0 aliphatic carbocycles. The molecule has 0 aromatic heterocycles. The molecule has 1 nitrogen and oxygen atoms in total. The van der Waals surface area contributed by atoms with Crippen molar-refractivity contribution in [3.8, 4) is 5.75 Å². The van der Waals surface area contributed by atoms with Crippen LogP contribution in [0.5, 0.6) is 5.75 Å². The number of hydrogen-bond acceptors (Lipinski definition) is 1. The standard InChI is InChI=1S/C17H13F3O/c1-11-15-9-13-5-3-2-4-12(13)8-14(15)6-7-16(11)21-10-17(18,19)20/h2-9H,10H2,1H3. The van der Waals surface area contributed by atoms with E-state index < -0.39 is 12.8 Å². The molecule has 0 bridgehead atoms. The number of ether oxygens (including phenoxy) is 1. The zero-order chi connectivity index (χ0) is 15.0. The van der Waals surface area contributed by atoms with Gasteiger partial charge in [0.25, 0.3) is 0 Å². The van der Waals surface area contributed by atoms with Gasteiger partial charge in [-0.15, -0.1) is 0 Å². The van der Waals surface area contributed by atoms with Crippen LogP contribution in [-0.2, 0) is 0 Å². The summed E-state index contributed by atoms with van der Waals surface area (Å²) in [5.74, 6) is 0.273. The van der Waals surface area contributed by atoms with E-state index >= 15 is 0 Å². The molecule has 0 aliphatic rings. The van der Waals surface area contributed by atoms with Gasteiger partial charge in [-0.3, -0.25) is 0 Å². The van der Waals surface area contributed by atoms with Gasteiger partial charge in [-0.25, -0.2) is 0 Å². The molecule has 0 unspecified atom stereocenters. The summed E-state index contributed by atoms with van der Waals surface area (Å²) < 4.78 is 41.7. The van der Waals surface area contributed by atoms with E-state index in [9.17, 15) is 13.2 Å². The Kier molecular flexibility index (Phi) is 3.24. The van der Waals surface area contributed by atoms with E-state index in [0.29, 0.717) is 0 Å². The average molecular weight is 290 g/mol. The van der Waals surface area contributed by atoms with Crippen molar-refractivity contribution in [2.75, 3.05) is 6.61 Å². The average Bonchev–Trinajstić information content (AvgIpc) is 2.44. The second-order valence-corrected chi connectivity index (χ2v) is 5.01. The molecule has 0 radical (unpaired) electrons. The molecule has 21 heavy (non-hydrogen) atoms. The minimum Gasteiger partial charge on any atom is -0.484 e. The molecule has 3 aromatic carbocycles. The van der Waals surface area contributed by atoms with Crippen molar-refractivity contribution in [2.45, 2.75) is 13.1 Å². The molecule has 0 heterocycles. The third kappa shape index (κ3) is 2.79. The quantitative estimate of drug-likeness (QED) is 0.586. The van der Waals surface area contributed by atoms with Gasteiger partial charge < -0.3 is 4.74 Å². The van der Waals surface area contributed by atoms with Crippen LogP contribution >= 0.6 is 0 Å². The summed E-state index contributed by atoms with van der Waals surface area (Å²) in [6.45, 7) is 0.510. The highest BCUT2D eigenvalue weighted by Crippen LogP contribution is 2.31. The van der Waals surface area contributed by atoms with Crippen LogP contribution in [-0.4, -0.2) is 12.8 Å². The van der Waals surface area contributed by atoms with Gasteiger partial charge in [0.15, 0.2) is 6.61 Å². The summed E-state index contributed by atoms with van der Waals surface area (Å²) in [5, 5.41) is 4.06. The first-order valence-corrected chi connectivity index (χ1v) is 6.56. The lowest BCUT2D eigenvalue weighted by atomic mass is 10.00. The van der Waals surface area contributed by atoms with Crippen LogP contribution in [0.2, 0.25) is 0 Å². The van der Waals surface area contributed by atoms with Crippen LogP contribution in [0.3, 0.4) is 0 Å². The number of fused-ring (bicyclic) bond motifs is 2. The fourth-order valence-electron chi connectivity index (χ4n) is 2.46. The molecular formula is C17H13F3O. The number of aryl methyl sites for hydroxylation is 1. The zero-order valence-corrected chi connectivity index (χ0v) is 11.4. The van der Waals surface area contributed by atoms with E-state index in [0.717, 1.165) is 27.1 Å². The molecule has 0 aliphatic heterocycles. The summed E-state index contributed by atoms with van der Waals surface area (Å²) in [6.07, 6.45) is -4.33. The maximum absolute atomic E-state index is 12.3. The van der Waals surface area contributed by atoms with Gasteiger partial charge >= 0.3 is 6.18 Å². The van der Waals surface area contributed by atoms with Crippen molar-refractivity contribution in [1.82, 2.24) is 0 Å². The van der Waals surface area contributed by atoms with Gasteiger partial charge in [-0.2, -0.15) is 13.2 Å². The molecule has 0 saturated heterocycles. The normalized spacial score (nSPS) is 12.0. The van der Waals surface area contributed by atoms with Crippen LogP contribution < -0.4 is 4.74 Å². The van der Waals surface area contributed by atoms with Gasteiger partial charge in [-0.1, -0.05) is 30.3 Å². The second kappa shape index (κ2) is 4.95. The first-order chi connectivity index (χ1) is 9.94. The summed E-state index contributed by atoms with van der Waals surface area (Å²) in [7, 11) is 0. The smallest absolute Gasteiger partial charge is 0.422 e. The van der Waals surface area contributed by atoms with E-state index in [1.807, 2.05) is 36.4 Å². The first kappa shape index (κ1) is 13.7. The van der Waals surface area contributed by atoms with Crippen LogP contribution in [0.25, 0.3) is 21.5 Å². The van der Waals surface area contributed by atoms with Crippen molar-refractivity contribution in [3.05, 3.63) is 54.1 Å². The lowest BCUT2D eigenvalue weighted by molar-refractivity contribution is -0.153. The largest absolute Gasteiger partial charge is 0.484 e. The first-order valence-electron chi connectivity index (χ1n) is 6.56. The Morgan fingerprint density at radius 1 is 0.905 bits per heavy atom. The molecule has 0 N–H and O–H groups in total. The fourth-order valence-corrected chi connectivity index (χ4v) is 2.46. The Morgan fingerprint density at radius 3 is 2.24 bits per heavy atom. The maximum Gasteiger partial charge on any atom is 0.422 e. The van der Waals surface area contributed by atoms with Gasteiger partial charge in [0, 0.05) is 0 Å². The lowest BCUT2D eigenvalue weighted by Crippen LogP contribution is -2.19. The topological polar surface area (TPSA) is 9.23 Å². The highest BCUT2D eigenvalue weighted by atomic mass is 19.4. The SMILES string of the molecule is Cc1c(OCC(F)(F)F)ccc2cc3ccccc3cc12. The summed E-state index contributed by atoms with van der Waals surface area (Å²) in [4.78, 5) is 0. The van der Waals surface area contributed by atoms with Crippen molar-refractivity contribution in [2.24, 2.45) is 0 Å². The number of benzene rings is 3. The lowest BCUT2D eigenvalue weighted by Gasteiger charge is -2.13. The third-order valence-electron chi connectivity index (χ3n) is 3.50. The van der Waals surface area contributed by atoms with E-state index in [4.69, 9.17) is 4.74 Å². The minimum atomic E-state index is -4.33. The van der Waals surface area contributed by atoms with Crippen LogP contribution in [0.1, 0.15) is 5.56 Å². The van der Waals surface area contributed by atoms with Gasteiger partial charge in [0.2, 0.25) is 0 Å². The highest BCUT2D eigenvalue weighted by molar-refractivity contribution is 6.00. The Balaban J connectivity index is 2.09. The Hall–Kier alpha value is -2.23. The molecule has 3 aromatic rings. The predicted molar refractivity (Wildman–Crippen MR) is 77.7 cm³/mol. The van der Waals surface area contributed by atoms with Crippen molar-refractivity contribution in [1.29, 1.82) is 0 Å². The van der Waals surface area contributed by atoms with Gasteiger partial charge in [0.05, 0.1) is 0 Å².